The number of non-ortho nitro benzene ring substituents is 1. The molecule has 0 bridgehead atoms. The van der Waals surface area contributed by atoms with Crippen molar-refractivity contribution in [2.75, 3.05) is 39.5 Å². The Balaban J connectivity index is 1.22. The Labute approximate surface area is 168 Å². The number of benzene rings is 2. The van der Waals surface area contributed by atoms with E-state index in [0.717, 1.165) is 49.8 Å². The van der Waals surface area contributed by atoms with Gasteiger partial charge in [0.15, 0.2) is 17.3 Å². The third-order valence-electron chi connectivity index (χ3n) is 5.26. The zero-order valence-electron chi connectivity index (χ0n) is 16.1. The molecule has 29 heavy (non-hydrogen) atoms. The molecule has 8 heteroatoms. The van der Waals surface area contributed by atoms with Crippen molar-refractivity contribution in [2.45, 2.75) is 13.0 Å². The number of ketones is 1. The molecule has 2 aromatic carbocycles. The predicted octanol–water partition coefficient (Wildman–Crippen LogP) is 2.25. The number of hydrogen-bond acceptors (Lipinski definition) is 7. The summed E-state index contributed by atoms with van der Waals surface area (Å²) in [5, 5.41) is 10.7. The van der Waals surface area contributed by atoms with E-state index in [1.165, 1.54) is 17.7 Å². The molecule has 0 radical (unpaired) electrons. The van der Waals surface area contributed by atoms with Crippen LogP contribution in [0.4, 0.5) is 5.69 Å². The van der Waals surface area contributed by atoms with Crippen LogP contribution in [0, 0.1) is 10.1 Å². The third-order valence-corrected chi connectivity index (χ3v) is 5.26. The Bertz CT molecular complexity index is 892. The standard InChI is InChI=1S/C21H23N3O5/c25-19(11-16-1-4-18(5-2-16)24(26)27)14-23-9-7-22(8-10-23)13-17-3-6-20-21(12-17)29-15-28-20/h1-6,12H,7-11,13-15H2. The van der Waals surface area contributed by atoms with Gasteiger partial charge in [0.25, 0.3) is 5.69 Å². The maximum absolute atomic E-state index is 12.4. The Morgan fingerprint density at radius 2 is 1.59 bits per heavy atom. The maximum atomic E-state index is 12.4. The van der Waals surface area contributed by atoms with Gasteiger partial charge in [0, 0.05) is 51.3 Å². The van der Waals surface area contributed by atoms with Crippen molar-refractivity contribution in [3.8, 4) is 11.5 Å². The zero-order valence-corrected chi connectivity index (χ0v) is 16.1. The first kappa shape index (κ1) is 19.4. The normalized spacial score (nSPS) is 16.7. The van der Waals surface area contributed by atoms with Crippen LogP contribution in [0.3, 0.4) is 0 Å². The predicted molar refractivity (Wildman–Crippen MR) is 106 cm³/mol. The zero-order chi connectivity index (χ0) is 20.2. The third kappa shape index (κ3) is 4.90. The smallest absolute Gasteiger partial charge is 0.269 e. The lowest BCUT2D eigenvalue weighted by Gasteiger charge is -2.34. The average Bonchev–Trinajstić information content (AvgIpc) is 3.18. The topological polar surface area (TPSA) is 85.2 Å². The van der Waals surface area contributed by atoms with Crippen LogP contribution in [0.2, 0.25) is 0 Å². The summed E-state index contributed by atoms with van der Waals surface area (Å²) in [5.74, 6) is 1.73. The minimum absolute atomic E-state index is 0.0415. The molecule has 2 aliphatic heterocycles. The number of nitro groups is 1. The van der Waals surface area contributed by atoms with Gasteiger partial charge in [-0.2, -0.15) is 0 Å². The largest absolute Gasteiger partial charge is 0.454 e. The quantitative estimate of drug-likeness (QED) is 0.523. The second-order valence-electron chi connectivity index (χ2n) is 7.38. The molecule has 0 atom stereocenters. The summed E-state index contributed by atoms with van der Waals surface area (Å²) in [5.41, 5.74) is 2.04. The summed E-state index contributed by atoms with van der Waals surface area (Å²) in [6.45, 7) is 5.03. The van der Waals surface area contributed by atoms with E-state index in [9.17, 15) is 14.9 Å². The number of Topliss-reactive ketones (excluding diaryl/α,β-unsaturated/α-hetero) is 1. The van der Waals surface area contributed by atoms with Gasteiger partial charge in [-0.1, -0.05) is 18.2 Å². The van der Waals surface area contributed by atoms with E-state index < -0.39 is 4.92 Å². The van der Waals surface area contributed by atoms with E-state index in [1.54, 1.807) is 12.1 Å². The Morgan fingerprint density at radius 3 is 2.31 bits per heavy atom. The van der Waals surface area contributed by atoms with Crippen molar-refractivity contribution in [3.05, 3.63) is 63.7 Å². The Kier molecular flexibility index (Phi) is 5.73. The van der Waals surface area contributed by atoms with Crippen LogP contribution in [-0.4, -0.2) is 60.0 Å². The molecule has 8 nitrogen and oxygen atoms in total. The molecule has 2 heterocycles. The number of fused-ring (bicyclic) bond motifs is 1. The average molecular weight is 397 g/mol. The van der Waals surface area contributed by atoms with Crippen LogP contribution in [0.5, 0.6) is 11.5 Å². The van der Waals surface area contributed by atoms with Crippen LogP contribution in [-0.2, 0) is 17.8 Å². The Morgan fingerprint density at radius 1 is 0.931 bits per heavy atom. The second-order valence-corrected chi connectivity index (χ2v) is 7.38. The maximum Gasteiger partial charge on any atom is 0.269 e. The molecule has 0 saturated carbocycles. The van der Waals surface area contributed by atoms with E-state index >= 15 is 0 Å². The Hall–Kier alpha value is -2.97. The van der Waals surface area contributed by atoms with Gasteiger partial charge < -0.3 is 9.47 Å². The second kappa shape index (κ2) is 8.59. The molecule has 1 fully saturated rings. The number of ether oxygens (including phenoxy) is 2. The summed E-state index contributed by atoms with van der Waals surface area (Å²) < 4.78 is 10.8. The number of hydrogen-bond donors (Lipinski definition) is 0. The van der Waals surface area contributed by atoms with Crippen LogP contribution < -0.4 is 9.47 Å². The molecule has 0 N–H and O–H groups in total. The summed E-state index contributed by atoms with van der Waals surface area (Å²) >= 11 is 0. The van der Waals surface area contributed by atoms with Gasteiger partial charge in [0.2, 0.25) is 6.79 Å². The van der Waals surface area contributed by atoms with Gasteiger partial charge in [-0.15, -0.1) is 0 Å². The molecule has 0 aliphatic carbocycles. The molecule has 2 aliphatic rings. The molecular weight excluding hydrogens is 374 g/mol. The molecule has 0 aromatic heterocycles. The summed E-state index contributed by atoms with van der Waals surface area (Å²) in [6, 6.07) is 12.2. The van der Waals surface area contributed by atoms with Crippen molar-refractivity contribution in [3.63, 3.8) is 0 Å². The first-order valence-corrected chi connectivity index (χ1v) is 9.65. The van der Waals surface area contributed by atoms with E-state index in [0.29, 0.717) is 13.0 Å². The fourth-order valence-corrected chi connectivity index (χ4v) is 3.67. The molecular formula is C21H23N3O5. The van der Waals surface area contributed by atoms with Crippen LogP contribution in [0.15, 0.2) is 42.5 Å². The van der Waals surface area contributed by atoms with E-state index in [2.05, 4.69) is 15.9 Å². The van der Waals surface area contributed by atoms with Crippen molar-refractivity contribution in [1.82, 2.24) is 9.80 Å². The highest BCUT2D eigenvalue weighted by molar-refractivity contribution is 5.82. The molecule has 0 spiro atoms. The minimum atomic E-state index is -0.436. The molecule has 2 aromatic rings. The lowest BCUT2D eigenvalue weighted by Crippen LogP contribution is -2.47. The van der Waals surface area contributed by atoms with Crippen molar-refractivity contribution in [1.29, 1.82) is 0 Å². The van der Waals surface area contributed by atoms with Crippen LogP contribution in [0.25, 0.3) is 0 Å². The van der Waals surface area contributed by atoms with Gasteiger partial charge in [-0.3, -0.25) is 24.7 Å². The molecule has 1 saturated heterocycles. The van der Waals surface area contributed by atoms with Crippen LogP contribution in [0.1, 0.15) is 11.1 Å². The van der Waals surface area contributed by atoms with E-state index in [1.807, 2.05) is 12.1 Å². The van der Waals surface area contributed by atoms with Gasteiger partial charge in [-0.25, -0.2) is 0 Å². The summed E-state index contributed by atoms with van der Waals surface area (Å²) in [4.78, 5) is 27.2. The number of rotatable bonds is 7. The molecule has 0 unspecified atom stereocenters. The number of carbonyl (C=O) groups is 1. The number of nitro benzene ring substituents is 1. The highest BCUT2D eigenvalue weighted by Crippen LogP contribution is 2.32. The van der Waals surface area contributed by atoms with Crippen molar-refractivity contribution in [2.24, 2.45) is 0 Å². The summed E-state index contributed by atoms with van der Waals surface area (Å²) in [6.07, 6.45) is 0.301. The van der Waals surface area contributed by atoms with Crippen molar-refractivity contribution >= 4 is 11.5 Å². The van der Waals surface area contributed by atoms with Gasteiger partial charge >= 0.3 is 0 Å². The lowest BCUT2D eigenvalue weighted by molar-refractivity contribution is -0.384. The minimum Gasteiger partial charge on any atom is -0.454 e. The van der Waals surface area contributed by atoms with E-state index in [4.69, 9.17) is 9.47 Å². The monoisotopic (exact) mass is 397 g/mol. The van der Waals surface area contributed by atoms with E-state index in [-0.39, 0.29) is 18.3 Å². The van der Waals surface area contributed by atoms with Gasteiger partial charge in [-0.05, 0) is 23.3 Å². The number of nitrogens with zero attached hydrogens (tertiary/aromatic N) is 3. The first-order valence-electron chi connectivity index (χ1n) is 9.65. The summed E-state index contributed by atoms with van der Waals surface area (Å²) in [7, 11) is 0. The highest BCUT2D eigenvalue weighted by atomic mass is 16.7. The lowest BCUT2D eigenvalue weighted by atomic mass is 10.1. The van der Waals surface area contributed by atoms with Gasteiger partial charge in [0.1, 0.15) is 0 Å². The van der Waals surface area contributed by atoms with Crippen LogP contribution >= 0.6 is 0 Å². The highest BCUT2D eigenvalue weighted by Gasteiger charge is 2.20. The fraction of sp³-hybridized carbons (Fsp3) is 0.381. The SMILES string of the molecule is O=C(Cc1ccc([N+](=O)[O-])cc1)CN1CCN(Cc2ccc3c(c2)OCO3)CC1. The number of carbonyl (C=O) groups excluding carboxylic acids is 1. The van der Waals surface area contributed by atoms with Crippen molar-refractivity contribution < 1.29 is 19.2 Å². The molecule has 152 valence electrons. The fourth-order valence-electron chi connectivity index (χ4n) is 3.67. The molecule has 4 rings (SSSR count). The van der Waals surface area contributed by atoms with Gasteiger partial charge in [0.05, 0.1) is 11.5 Å². The number of piperazine rings is 1. The first-order chi connectivity index (χ1) is 14.1. The molecule has 0 amide bonds.